The smallest absolute Gasteiger partial charge is 0.166 e. The molecule has 1 atom stereocenters. The van der Waals surface area contributed by atoms with Gasteiger partial charge in [0, 0.05) is 16.8 Å². The Hall–Kier alpha value is -1.81. The lowest BCUT2D eigenvalue weighted by molar-refractivity contribution is 0.226. The van der Waals surface area contributed by atoms with E-state index in [1.165, 1.54) is 12.1 Å². The second kappa shape index (κ2) is 5.67. The summed E-state index contributed by atoms with van der Waals surface area (Å²) in [7, 11) is 0. The zero-order chi connectivity index (χ0) is 14.9. The van der Waals surface area contributed by atoms with Gasteiger partial charge in [-0.2, -0.15) is 0 Å². The number of nitrogen functional groups attached to an aromatic ring is 1. The Labute approximate surface area is 122 Å². The average molecular weight is 295 g/mol. The number of hydrogen-bond donors (Lipinski definition) is 1. The van der Waals surface area contributed by atoms with Gasteiger partial charge in [-0.15, -0.1) is 0 Å². The van der Waals surface area contributed by atoms with E-state index in [1.54, 1.807) is 26.1 Å². The minimum atomic E-state index is -0.427. The van der Waals surface area contributed by atoms with Gasteiger partial charge < -0.3 is 10.5 Å². The molecule has 2 rings (SSSR count). The monoisotopic (exact) mass is 294 g/mol. The summed E-state index contributed by atoms with van der Waals surface area (Å²) in [5, 5.41) is 0.468. The summed E-state index contributed by atoms with van der Waals surface area (Å²) in [5.74, 6) is 0.458. The number of anilines is 1. The van der Waals surface area contributed by atoms with Crippen LogP contribution in [0.2, 0.25) is 5.02 Å². The van der Waals surface area contributed by atoms with Crippen molar-refractivity contribution in [2.45, 2.75) is 26.9 Å². The van der Waals surface area contributed by atoms with Gasteiger partial charge in [-0.3, -0.25) is 0 Å². The number of ether oxygens (including phenoxy) is 1. The third-order valence-corrected chi connectivity index (χ3v) is 3.45. The number of rotatable bonds is 3. The summed E-state index contributed by atoms with van der Waals surface area (Å²) in [6.07, 6.45) is 1.23. The van der Waals surface area contributed by atoms with Crippen LogP contribution in [0, 0.1) is 19.7 Å². The van der Waals surface area contributed by atoms with Crippen molar-refractivity contribution in [2.24, 2.45) is 0 Å². The van der Waals surface area contributed by atoms with E-state index in [2.05, 4.69) is 4.98 Å². The van der Waals surface area contributed by atoms with Gasteiger partial charge in [0.2, 0.25) is 0 Å². The SMILES string of the molecule is Cc1cnc(N)c(OC(C)c2c(Cl)ccc(F)c2C)c1. The van der Waals surface area contributed by atoms with Crippen LogP contribution in [0.4, 0.5) is 10.2 Å². The fourth-order valence-electron chi connectivity index (χ4n) is 2.06. The quantitative estimate of drug-likeness (QED) is 0.922. The van der Waals surface area contributed by atoms with Crippen LogP contribution in [0.5, 0.6) is 5.75 Å². The van der Waals surface area contributed by atoms with Crippen LogP contribution in [-0.2, 0) is 0 Å². The molecular weight excluding hydrogens is 279 g/mol. The van der Waals surface area contributed by atoms with E-state index in [4.69, 9.17) is 22.1 Å². The van der Waals surface area contributed by atoms with Crippen LogP contribution in [0.3, 0.4) is 0 Å². The fraction of sp³-hybridized carbons (Fsp3) is 0.267. The lowest BCUT2D eigenvalue weighted by Gasteiger charge is -2.19. The molecule has 0 saturated carbocycles. The maximum atomic E-state index is 13.7. The Bertz CT molecular complexity index is 646. The average Bonchev–Trinajstić information content (AvgIpc) is 2.39. The lowest BCUT2D eigenvalue weighted by atomic mass is 10.0. The second-order valence-corrected chi connectivity index (χ2v) is 5.13. The molecule has 5 heteroatoms. The molecule has 3 nitrogen and oxygen atoms in total. The number of benzene rings is 1. The molecular formula is C15H16ClFN2O. The number of aryl methyl sites for hydroxylation is 1. The molecule has 0 bridgehead atoms. The van der Waals surface area contributed by atoms with Crippen molar-refractivity contribution in [3.05, 3.63) is 51.9 Å². The number of halogens is 2. The zero-order valence-electron chi connectivity index (χ0n) is 11.6. The van der Waals surface area contributed by atoms with Crippen LogP contribution in [-0.4, -0.2) is 4.98 Å². The van der Waals surface area contributed by atoms with Crippen LogP contribution in [0.15, 0.2) is 24.4 Å². The van der Waals surface area contributed by atoms with Gasteiger partial charge in [0.15, 0.2) is 11.6 Å². The highest BCUT2D eigenvalue weighted by Crippen LogP contribution is 2.33. The highest BCUT2D eigenvalue weighted by Gasteiger charge is 2.18. The molecule has 0 aliphatic carbocycles. The molecule has 1 aromatic carbocycles. The summed E-state index contributed by atoms with van der Waals surface area (Å²) in [6.45, 7) is 5.37. The van der Waals surface area contributed by atoms with Crippen LogP contribution >= 0.6 is 11.6 Å². The second-order valence-electron chi connectivity index (χ2n) is 4.72. The lowest BCUT2D eigenvalue weighted by Crippen LogP contribution is -2.09. The normalized spacial score (nSPS) is 12.2. The molecule has 2 N–H and O–H groups in total. The molecule has 0 spiro atoms. The maximum Gasteiger partial charge on any atom is 0.166 e. The van der Waals surface area contributed by atoms with Crippen molar-refractivity contribution in [3.63, 3.8) is 0 Å². The van der Waals surface area contributed by atoms with E-state index in [0.717, 1.165) is 5.56 Å². The molecule has 0 aliphatic rings. The third kappa shape index (κ3) is 2.85. The van der Waals surface area contributed by atoms with E-state index < -0.39 is 6.10 Å². The highest BCUT2D eigenvalue weighted by atomic mass is 35.5. The summed E-state index contributed by atoms with van der Waals surface area (Å²) >= 11 is 6.14. The van der Waals surface area contributed by atoms with Crippen molar-refractivity contribution < 1.29 is 9.13 Å². The van der Waals surface area contributed by atoms with Gasteiger partial charge >= 0.3 is 0 Å². The molecule has 0 radical (unpaired) electrons. The maximum absolute atomic E-state index is 13.7. The summed E-state index contributed by atoms with van der Waals surface area (Å²) in [6, 6.07) is 4.66. The molecule has 2 aromatic rings. The van der Waals surface area contributed by atoms with Crippen molar-refractivity contribution in [1.82, 2.24) is 4.98 Å². The van der Waals surface area contributed by atoms with Crippen molar-refractivity contribution >= 4 is 17.4 Å². The highest BCUT2D eigenvalue weighted by molar-refractivity contribution is 6.31. The van der Waals surface area contributed by atoms with Crippen molar-refractivity contribution in [3.8, 4) is 5.75 Å². The van der Waals surface area contributed by atoms with Crippen LogP contribution < -0.4 is 10.5 Å². The predicted molar refractivity (Wildman–Crippen MR) is 78.6 cm³/mol. The Morgan fingerprint density at radius 2 is 2.05 bits per heavy atom. The first-order chi connectivity index (χ1) is 9.40. The van der Waals surface area contributed by atoms with E-state index in [1.807, 2.05) is 6.92 Å². The number of aromatic nitrogens is 1. The Morgan fingerprint density at radius 1 is 1.35 bits per heavy atom. The Balaban J connectivity index is 2.35. The molecule has 0 fully saturated rings. The fourth-order valence-corrected chi connectivity index (χ4v) is 2.42. The first kappa shape index (κ1) is 14.6. The standard InChI is InChI=1S/C15H16ClFN2O/c1-8-6-13(15(18)19-7-8)20-10(3)14-9(2)12(17)5-4-11(14)16/h4-7,10H,1-3H3,(H2,18,19). The first-order valence-corrected chi connectivity index (χ1v) is 6.61. The summed E-state index contributed by atoms with van der Waals surface area (Å²) < 4.78 is 19.4. The van der Waals surface area contributed by atoms with Crippen molar-refractivity contribution in [1.29, 1.82) is 0 Å². The molecule has 0 aliphatic heterocycles. The molecule has 1 aromatic heterocycles. The molecule has 1 unspecified atom stereocenters. The zero-order valence-corrected chi connectivity index (χ0v) is 12.3. The summed E-state index contributed by atoms with van der Waals surface area (Å²) in [5.41, 5.74) is 7.81. The molecule has 1 heterocycles. The Morgan fingerprint density at radius 3 is 2.75 bits per heavy atom. The minimum Gasteiger partial charge on any atom is -0.482 e. The van der Waals surface area contributed by atoms with Gasteiger partial charge in [-0.1, -0.05) is 11.6 Å². The van der Waals surface area contributed by atoms with E-state index in [-0.39, 0.29) is 5.82 Å². The molecule has 0 saturated heterocycles. The third-order valence-electron chi connectivity index (χ3n) is 3.12. The number of nitrogens with zero attached hydrogens (tertiary/aromatic N) is 1. The number of pyridine rings is 1. The molecule has 0 amide bonds. The number of hydrogen-bond acceptors (Lipinski definition) is 3. The number of nitrogens with two attached hydrogens (primary N) is 1. The van der Waals surface area contributed by atoms with Gasteiger partial charge in [0.05, 0.1) is 0 Å². The van der Waals surface area contributed by atoms with E-state index >= 15 is 0 Å². The largest absolute Gasteiger partial charge is 0.482 e. The topological polar surface area (TPSA) is 48.1 Å². The first-order valence-electron chi connectivity index (χ1n) is 6.23. The van der Waals surface area contributed by atoms with Gasteiger partial charge in [0.1, 0.15) is 11.9 Å². The molecule has 106 valence electrons. The molecule has 20 heavy (non-hydrogen) atoms. The van der Waals surface area contributed by atoms with Crippen LogP contribution in [0.1, 0.15) is 29.7 Å². The van der Waals surface area contributed by atoms with Gasteiger partial charge in [0.25, 0.3) is 0 Å². The minimum absolute atomic E-state index is 0.299. The predicted octanol–water partition coefficient (Wildman–Crippen LogP) is 4.21. The van der Waals surface area contributed by atoms with E-state index in [0.29, 0.717) is 27.7 Å². The van der Waals surface area contributed by atoms with Crippen molar-refractivity contribution in [2.75, 3.05) is 5.73 Å². The van der Waals surface area contributed by atoms with Gasteiger partial charge in [-0.25, -0.2) is 9.37 Å². The Kier molecular flexibility index (Phi) is 4.14. The van der Waals surface area contributed by atoms with Crippen LogP contribution in [0.25, 0.3) is 0 Å². The van der Waals surface area contributed by atoms with Gasteiger partial charge in [-0.05, 0) is 50.1 Å². The van der Waals surface area contributed by atoms with E-state index in [9.17, 15) is 4.39 Å². The summed E-state index contributed by atoms with van der Waals surface area (Å²) in [4.78, 5) is 4.03.